The van der Waals surface area contributed by atoms with Gasteiger partial charge in [0.25, 0.3) is 0 Å². The lowest BCUT2D eigenvalue weighted by Gasteiger charge is -2.18. The number of hydrogen-bond acceptors (Lipinski definition) is 6. The molecule has 1 aliphatic heterocycles. The summed E-state index contributed by atoms with van der Waals surface area (Å²) in [6.45, 7) is 3.38. The third-order valence-corrected chi connectivity index (χ3v) is 7.72. The van der Waals surface area contributed by atoms with Gasteiger partial charge in [0.15, 0.2) is 11.6 Å². The molecule has 0 spiro atoms. The second kappa shape index (κ2) is 11.9. The molecule has 0 unspecified atom stereocenters. The highest BCUT2D eigenvalue weighted by atomic mass is 19.2. The van der Waals surface area contributed by atoms with Gasteiger partial charge in [0.05, 0.1) is 23.7 Å². The van der Waals surface area contributed by atoms with Crippen LogP contribution in [0, 0.1) is 24.5 Å². The predicted octanol–water partition coefficient (Wildman–Crippen LogP) is 5.53. The van der Waals surface area contributed by atoms with Crippen LogP contribution in [0.5, 0.6) is 0 Å². The largest absolute Gasteiger partial charge is 0.383 e. The minimum Gasteiger partial charge on any atom is -0.383 e. The number of carbonyl (C=O) groups excluding carboxylic acids is 1. The van der Waals surface area contributed by atoms with Gasteiger partial charge in [0.1, 0.15) is 17.5 Å². The van der Waals surface area contributed by atoms with Crippen LogP contribution in [0.1, 0.15) is 29.3 Å². The smallest absolute Gasteiger partial charge is 0.159 e. The van der Waals surface area contributed by atoms with Crippen LogP contribution in [-0.2, 0) is 20.8 Å². The van der Waals surface area contributed by atoms with Gasteiger partial charge in [0.2, 0.25) is 0 Å². The molecule has 216 valence electrons. The lowest BCUT2D eigenvalue weighted by molar-refractivity contribution is -0.155. The van der Waals surface area contributed by atoms with E-state index in [2.05, 4.69) is 4.98 Å². The van der Waals surface area contributed by atoms with Crippen molar-refractivity contribution in [2.24, 2.45) is 5.92 Å². The summed E-state index contributed by atoms with van der Waals surface area (Å²) in [5, 5.41) is 6.69. The molecule has 6 rings (SSSR count). The van der Waals surface area contributed by atoms with Crippen LogP contribution in [0.25, 0.3) is 22.6 Å². The highest BCUT2D eigenvalue weighted by molar-refractivity contribution is 5.82. The van der Waals surface area contributed by atoms with Crippen molar-refractivity contribution in [1.82, 2.24) is 24.2 Å². The maximum absolute atomic E-state index is 14.1. The molecule has 2 aromatic carbocycles. The molecule has 3 aromatic heterocycles. The zero-order valence-electron chi connectivity index (χ0n) is 23.4. The number of benzene rings is 2. The quantitative estimate of drug-likeness (QED) is 0.220. The van der Waals surface area contributed by atoms with E-state index < -0.39 is 17.7 Å². The number of aromatic nitrogens is 4. The number of Topliss-reactive ketones (excluding diaryl/α,β-unsaturated/α-hetero) is 1. The SMILES string of the molecule is COCCN1C[C@@H](CC(=O)Cc2c(C)c(-c3ccn4ccnc4c3)nn2-c2ccccc2)[C@H](c2ccc(F)c(F)c2)O1. The Morgan fingerprint density at radius 3 is 2.69 bits per heavy atom. The molecule has 2 atom stereocenters. The highest BCUT2D eigenvalue weighted by Crippen LogP contribution is 2.37. The Bertz CT molecular complexity index is 1720. The maximum Gasteiger partial charge on any atom is 0.159 e. The average Bonchev–Trinajstić information content (AvgIpc) is 3.71. The van der Waals surface area contributed by atoms with E-state index in [4.69, 9.17) is 14.7 Å². The molecule has 4 heterocycles. The lowest BCUT2D eigenvalue weighted by Crippen LogP contribution is -2.24. The number of nitrogens with zero attached hydrogens (tertiary/aromatic N) is 5. The van der Waals surface area contributed by atoms with E-state index in [0.717, 1.165) is 46.0 Å². The van der Waals surface area contributed by atoms with Gasteiger partial charge in [-0.25, -0.2) is 18.4 Å². The molecule has 1 fully saturated rings. The molecule has 42 heavy (non-hydrogen) atoms. The second-order valence-electron chi connectivity index (χ2n) is 10.5. The van der Waals surface area contributed by atoms with E-state index in [9.17, 15) is 13.6 Å². The van der Waals surface area contributed by atoms with E-state index in [-0.39, 0.29) is 24.5 Å². The van der Waals surface area contributed by atoms with Gasteiger partial charge < -0.3 is 9.14 Å². The van der Waals surface area contributed by atoms with Crippen LogP contribution in [-0.4, -0.2) is 56.8 Å². The topological polar surface area (TPSA) is 73.9 Å². The van der Waals surface area contributed by atoms with Crippen LogP contribution in [0.4, 0.5) is 8.78 Å². The predicted molar refractivity (Wildman–Crippen MR) is 153 cm³/mol. The van der Waals surface area contributed by atoms with Crippen LogP contribution < -0.4 is 0 Å². The average molecular weight is 572 g/mol. The minimum atomic E-state index is -0.944. The number of methoxy groups -OCH3 is 1. The number of hydroxylamine groups is 2. The number of imidazole rings is 1. The fourth-order valence-corrected chi connectivity index (χ4v) is 5.58. The van der Waals surface area contributed by atoms with Crippen molar-refractivity contribution in [3.05, 3.63) is 108 Å². The first-order valence-electron chi connectivity index (χ1n) is 13.9. The van der Waals surface area contributed by atoms with Crippen LogP contribution in [0.15, 0.2) is 79.3 Å². The third kappa shape index (κ3) is 5.61. The third-order valence-electron chi connectivity index (χ3n) is 7.72. The molecule has 8 nitrogen and oxygen atoms in total. The first-order valence-corrected chi connectivity index (χ1v) is 13.9. The van der Waals surface area contributed by atoms with E-state index in [1.165, 1.54) is 6.07 Å². The van der Waals surface area contributed by atoms with Gasteiger partial charge in [-0.05, 0) is 54.4 Å². The lowest BCUT2D eigenvalue weighted by atomic mass is 9.90. The molecule has 5 aromatic rings. The Hall–Kier alpha value is -4.25. The molecule has 0 N–H and O–H groups in total. The zero-order chi connectivity index (χ0) is 29.2. The molecule has 0 saturated carbocycles. The van der Waals surface area contributed by atoms with E-state index in [1.54, 1.807) is 18.4 Å². The maximum atomic E-state index is 14.1. The Morgan fingerprint density at radius 2 is 1.90 bits per heavy atom. The summed E-state index contributed by atoms with van der Waals surface area (Å²) in [5.74, 6) is -2.12. The van der Waals surface area contributed by atoms with E-state index >= 15 is 0 Å². The van der Waals surface area contributed by atoms with Gasteiger partial charge in [-0.1, -0.05) is 24.3 Å². The van der Waals surface area contributed by atoms with Crippen LogP contribution >= 0.6 is 0 Å². The van der Waals surface area contributed by atoms with Crippen molar-refractivity contribution in [2.75, 3.05) is 26.8 Å². The number of pyridine rings is 1. The molecule has 0 amide bonds. The van der Waals surface area contributed by atoms with Crippen molar-refractivity contribution in [2.45, 2.75) is 25.9 Å². The normalized spacial score (nSPS) is 17.3. The Kier molecular flexibility index (Phi) is 7.92. The van der Waals surface area contributed by atoms with E-state index in [1.807, 2.05) is 70.9 Å². The summed E-state index contributed by atoms with van der Waals surface area (Å²) < 4.78 is 36.7. The standard InChI is InChI=1S/C32H31F2N5O3/c1-21-29(39(25-6-4-3-5-7-25)36-31(21)22-10-12-37-13-11-35-30(37)18-22)19-26(40)16-24-20-38(14-15-41-2)42-32(24)23-8-9-27(33)28(34)17-23/h3-13,17-18,24,32H,14-16,19-20H2,1-2H3/t24-,32+/m1/s1. The van der Waals surface area contributed by atoms with Crippen molar-refractivity contribution in [1.29, 1.82) is 0 Å². The Labute approximate surface area is 242 Å². The Balaban J connectivity index is 1.30. The zero-order valence-corrected chi connectivity index (χ0v) is 23.4. The summed E-state index contributed by atoms with van der Waals surface area (Å²) in [7, 11) is 1.60. The van der Waals surface area contributed by atoms with Crippen molar-refractivity contribution in [3.63, 3.8) is 0 Å². The molecule has 0 bridgehead atoms. The second-order valence-corrected chi connectivity index (χ2v) is 10.5. The summed E-state index contributed by atoms with van der Waals surface area (Å²) in [6.07, 6.45) is 5.33. The summed E-state index contributed by atoms with van der Waals surface area (Å²) in [6, 6.07) is 17.4. The highest BCUT2D eigenvalue weighted by Gasteiger charge is 2.37. The summed E-state index contributed by atoms with van der Waals surface area (Å²) >= 11 is 0. The van der Waals surface area contributed by atoms with E-state index in [0.29, 0.717) is 25.3 Å². The summed E-state index contributed by atoms with van der Waals surface area (Å²) in [4.78, 5) is 24.2. The summed E-state index contributed by atoms with van der Waals surface area (Å²) in [5.41, 5.74) is 5.54. The van der Waals surface area contributed by atoms with Crippen molar-refractivity contribution >= 4 is 11.4 Å². The van der Waals surface area contributed by atoms with Crippen LogP contribution in [0.3, 0.4) is 0 Å². The fourth-order valence-electron chi connectivity index (χ4n) is 5.58. The monoisotopic (exact) mass is 571 g/mol. The van der Waals surface area contributed by atoms with Gasteiger partial charge in [0, 0.05) is 63.1 Å². The number of para-hydroxylation sites is 1. The van der Waals surface area contributed by atoms with Crippen LogP contribution in [0.2, 0.25) is 0 Å². The minimum absolute atomic E-state index is 0.000199. The molecule has 1 saturated heterocycles. The molecular weight excluding hydrogens is 540 g/mol. The Morgan fingerprint density at radius 1 is 1.07 bits per heavy atom. The number of rotatable bonds is 10. The fraction of sp³-hybridized carbons (Fsp3) is 0.281. The number of ether oxygens (including phenoxy) is 1. The van der Waals surface area contributed by atoms with Crippen molar-refractivity contribution in [3.8, 4) is 16.9 Å². The van der Waals surface area contributed by atoms with Gasteiger partial charge >= 0.3 is 0 Å². The molecule has 0 aliphatic carbocycles. The number of halogens is 2. The first kappa shape index (κ1) is 27.9. The number of carbonyl (C=O) groups is 1. The molecule has 10 heteroatoms. The number of hydrogen-bond donors (Lipinski definition) is 0. The van der Waals surface area contributed by atoms with Crippen molar-refractivity contribution < 1.29 is 23.1 Å². The molecular formula is C32H31F2N5O3. The molecule has 1 aliphatic rings. The van der Waals surface area contributed by atoms with Gasteiger partial charge in [-0.2, -0.15) is 10.2 Å². The number of fused-ring (bicyclic) bond motifs is 1. The van der Waals surface area contributed by atoms with Gasteiger partial charge in [-0.3, -0.25) is 9.63 Å². The molecule has 0 radical (unpaired) electrons. The first-order chi connectivity index (χ1) is 20.4. The van der Waals surface area contributed by atoms with Gasteiger partial charge in [-0.15, -0.1) is 0 Å². The number of ketones is 1.